The molecule has 1 aliphatic rings. The standard InChI is InChI=1S/C9H13ClN3O3P/c10-8-5-7(6-3-1-2-4-6)11-9(12-8)13-17(14,15)16/h5-6H,1-4H2,(H3,11,12,13,14,15,16). The van der Waals surface area contributed by atoms with Gasteiger partial charge in [-0.2, -0.15) is 0 Å². The van der Waals surface area contributed by atoms with Gasteiger partial charge in [-0.25, -0.2) is 14.5 Å². The highest BCUT2D eigenvalue weighted by Crippen LogP contribution is 2.37. The molecule has 1 saturated carbocycles. The second-order valence-corrected chi connectivity index (χ2v) is 5.78. The van der Waals surface area contributed by atoms with Gasteiger partial charge in [-0.3, -0.25) is 5.09 Å². The highest BCUT2D eigenvalue weighted by atomic mass is 35.5. The summed E-state index contributed by atoms with van der Waals surface area (Å²) in [5.74, 6) is 0.195. The molecule has 0 unspecified atom stereocenters. The summed E-state index contributed by atoms with van der Waals surface area (Å²) in [7, 11) is -4.39. The third-order valence-corrected chi connectivity index (χ3v) is 3.42. The first-order valence-electron chi connectivity index (χ1n) is 5.32. The minimum absolute atomic E-state index is 0.118. The quantitative estimate of drug-likeness (QED) is 0.579. The monoisotopic (exact) mass is 277 g/mol. The lowest BCUT2D eigenvalue weighted by atomic mass is 10.0. The zero-order valence-electron chi connectivity index (χ0n) is 9.01. The molecule has 0 atom stereocenters. The fraction of sp³-hybridized carbons (Fsp3) is 0.556. The maximum Gasteiger partial charge on any atom is 0.429 e. The van der Waals surface area contributed by atoms with E-state index in [1.54, 1.807) is 6.07 Å². The molecule has 1 heterocycles. The van der Waals surface area contributed by atoms with Crippen molar-refractivity contribution < 1.29 is 14.4 Å². The van der Waals surface area contributed by atoms with Crippen LogP contribution in [0.5, 0.6) is 0 Å². The molecule has 94 valence electrons. The average Bonchev–Trinajstić information content (AvgIpc) is 2.65. The van der Waals surface area contributed by atoms with Crippen molar-refractivity contribution in [2.75, 3.05) is 5.09 Å². The number of anilines is 1. The molecule has 17 heavy (non-hydrogen) atoms. The molecule has 0 saturated heterocycles. The molecule has 0 radical (unpaired) electrons. The molecule has 0 spiro atoms. The number of hydrogen-bond acceptors (Lipinski definition) is 3. The second-order valence-electron chi connectivity index (χ2n) is 4.08. The lowest BCUT2D eigenvalue weighted by molar-refractivity contribution is 0.380. The van der Waals surface area contributed by atoms with Crippen molar-refractivity contribution in [1.82, 2.24) is 9.97 Å². The Kier molecular flexibility index (Phi) is 3.68. The van der Waals surface area contributed by atoms with Crippen molar-refractivity contribution in [2.45, 2.75) is 31.6 Å². The first kappa shape index (κ1) is 12.8. The highest BCUT2D eigenvalue weighted by Gasteiger charge is 2.21. The fourth-order valence-electron chi connectivity index (χ4n) is 2.05. The maximum absolute atomic E-state index is 10.8. The van der Waals surface area contributed by atoms with Crippen LogP contribution in [0.25, 0.3) is 0 Å². The smallest absolute Gasteiger partial charge is 0.308 e. The van der Waals surface area contributed by atoms with Crippen LogP contribution in [0.4, 0.5) is 5.95 Å². The van der Waals surface area contributed by atoms with Gasteiger partial charge < -0.3 is 9.79 Å². The van der Waals surface area contributed by atoms with Crippen LogP contribution in [-0.4, -0.2) is 19.8 Å². The van der Waals surface area contributed by atoms with Gasteiger partial charge in [0, 0.05) is 5.92 Å². The number of rotatable bonds is 3. The summed E-state index contributed by atoms with van der Waals surface area (Å²) >= 11 is 5.81. The van der Waals surface area contributed by atoms with E-state index in [1.807, 2.05) is 5.09 Å². The summed E-state index contributed by atoms with van der Waals surface area (Å²) in [5, 5.41) is 2.14. The Morgan fingerprint density at radius 1 is 1.35 bits per heavy atom. The van der Waals surface area contributed by atoms with E-state index in [2.05, 4.69) is 9.97 Å². The van der Waals surface area contributed by atoms with Crippen LogP contribution >= 0.6 is 19.3 Å². The SMILES string of the molecule is O=P(O)(O)Nc1nc(Cl)cc(C2CCCC2)n1. The van der Waals surface area contributed by atoms with E-state index in [0.717, 1.165) is 31.4 Å². The minimum atomic E-state index is -4.39. The summed E-state index contributed by atoms with van der Waals surface area (Å²) < 4.78 is 10.8. The van der Waals surface area contributed by atoms with Crippen LogP contribution in [0, 0.1) is 0 Å². The van der Waals surface area contributed by atoms with Gasteiger partial charge in [-0.05, 0) is 18.9 Å². The third kappa shape index (κ3) is 3.64. The van der Waals surface area contributed by atoms with Crippen molar-refractivity contribution in [1.29, 1.82) is 0 Å². The zero-order chi connectivity index (χ0) is 12.5. The molecule has 0 aromatic carbocycles. The molecule has 1 aliphatic carbocycles. The molecular formula is C9H13ClN3O3P. The van der Waals surface area contributed by atoms with Crippen molar-refractivity contribution in [3.8, 4) is 0 Å². The van der Waals surface area contributed by atoms with E-state index in [9.17, 15) is 4.57 Å². The van der Waals surface area contributed by atoms with Crippen molar-refractivity contribution in [3.63, 3.8) is 0 Å². The van der Waals surface area contributed by atoms with Crippen molar-refractivity contribution in [3.05, 3.63) is 16.9 Å². The number of nitrogens with zero attached hydrogens (tertiary/aromatic N) is 2. The van der Waals surface area contributed by atoms with E-state index >= 15 is 0 Å². The molecule has 0 amide bonds. The van der Waals surface area contributed by atoms with Gasteiger partial charge in [0.15, 0.2) is 0 Å². The Morgan fingerprint density at radius 3 is 2.59 bits per heavy atom. The lowest BCUT2D eigenvalue weighted by Gasteiger charge is -2.11. The van der Waals surface area contributed by atoms with Crippen LogP contribution in [0.2, 0.25) is 5.15 Å². The maximum atomic E-state index is 10.8. The van der Waals surface area contributed by atoms with Crippen molar-refractivity contribution >= 4 is 25.3 Å². The summed E-state index contributed by atoms with van der Waals surface area (Å²) in [5.41, 5.74) is 0.749. The zero-order valence-corrected chi connectivity index (χ0v) is 10.7. The molecular weight excluding hydrogens is 265 g/mol. The molecule has 6 nitrogen and oxygen atoms in total. The Morgan fingerprint density at radius 2 is 2.00 bits per heavy atom. The summed E-state index contributed by atoms with van der Waals surface area (Å²) in [6.07, 6.45) is 4.35. The van der Waals surface area contributed by atoms with E-state index in [-0.39, 0.29) is 11.1 Å². The van der Waals surface area contributed by atoms with Gasteiger partial charge in [0.2, 0.25) is 5.95 Å². The first-order chi connectivity index (χ1) is 7.94. The van der Waals surface area contributed by atoms with Crippen LogP contribution in [0.1, 0.15) is 37.3 Å². The van der Waals surface area contributed by atoms with Gasteiger partial charge in [0.1, 0.15) is 5.15 Å². The third-order valence-electron chi connectivity index (χ3n) is 2.73. The Hall–Kier alpha value is -0.680. The molecule has 2 rings (SSSR count). The van der Waals surface area contributed by atoms with Gasteiger partial charge >= 0.3 is 7.75 Å². The van der Waals surface area contributed by atoms with Gasteiger partial charge in [-0.15, -0.1) is 0 Å². The topological polar surface area (TPSA) is 95.3 Å². The van der Waals surface area contributed by atoms with Gasteiger partial charge in [0.05, 0.1) is 5.69 Å². The van der Waals surface area contributed by atoms with E-state index in [0.29, 0.717) is 5.92 Å². The largest absolute Gasteiger partial charge is 0.429 e. The van der Waals surface area contributed by atoms with Crippen LogP contribution in [0.15, 0.2) is 6.07 Å². The minimum Gasteiger partial charge on any atom is -0.308 e. The van der Waals surface area contributed by atoms with Crippen LogP contribution in [-0.2, 0) is 4.57 Å². The molecule has 1 aromatic heterocycles. The lowest BCUT2D eigenvalue weighted by Crippen LogP contribution is -2.04. The molecule has 0 aliphatic heterocycles. The van der Waals surface area contributed by atoms with Crippen LogP contribution in [0.3, 0.4) is 0 Å². The fourth-order valence-corrected chi connectivity index (χ4v) is 2.60. The molecule has 1 aromatic rings. The Labute approximate surface area is 104 Å². The Balaban J connectivity index is 2.25. The van der Waals surface area contributed by atoms with E-state index < -0.39 is 7.75 Å². The number of nitrogens with one attached hydrogen (secondary N) is 1. The highest BCUT2D eigenvalue weighted by molar-refractivity contribution is 7.53. The summed E-state index contributed by atoms with van der Waals surface area (Å²) in [6, 6.07) is 1.66. The molecule has 1 fully saturated rings. The number of halogens is 1. The first-order valence-corrected chi connectivity index (χ1v) is 7.31. The number of aromatic nitrogens is 2. The predicted molar refractivity (Wildman–Crippen MR) is 63.9 cm³/mol. The normalized spacial score (nSPS) is 17.4. The van der Waals surface area contributed by atoms with E-state index in [4.69, 9.17) is 21.4 Å². The second kappa shape index (κ2) is 4.90. The molecule has 3 N–H and O–H groups in total. The summed E-state index contributed by atoms with van der Waals surface area (Å²) in [6.45, 7) is 0. The van der Waals surface area contributed by atoms with Gasteiger partial charge in [0.25, 0.3) is 0 Å². The van der Waals surface area contributed by atoms with Gasteiger partial charge in [-0.1, -0.05) is 24.4 Å². The van der Waals surface area contributed by atoms with Crippen LogP contribution < -0.4 is 5.09 Å². The molecule has 0 bridgehead atoms. The average molecular weight is 278 g/mol. The summed E-state index contributed by atoms with van der Waals surface area (Å²) in [4.78, 5) is 25.4. The molecule has 8 heteroatoms. The predicted octanol–water partition coefficient (Wildman–Crippen LogP) is 2.29. The van der Waals surface area contributed by atoms with E-state index in [1.165, 1.54) is 0 Å². The van der Waals surface area contributed by atoms with Crippen molar-refractivity contribution in [2.24, 2.45) is 0 Å². The Bertz CT molecular complexity index is 459. The number of hydrogen-bond donors (Lipinski definition) is 3.